The van der Waals surface area contributed by atoms with Gasteiger partial charge in [0.1, 0.15) is 17.0 Å². The van der Waals surface area contributed by atoms with Crippen molar-refractivity contribution in [3.05, 3.63) is 16.8 Å². The molecule has 0 spiro atoms. The third-order valence-electron chi connectivity index (χ3n) is 3.61. The van der Waals surface area contributed by atoms with Gasteiger partial charge in [-0.1, -0.05) is 0 Å². The molecule has 2 N–H and O–H groups in total. The first-order chi connectivity index (χ1) is 9.75. The monoisotopic (exact) mass is 327 g/mol. The predicted octanol–water partition coefficient (Wildman–Crippen LogP) is 3.27. The summed E-state index contributed by atoms with van der Waals surface area (Å²) in [5, 5.41) is 13.1. The highest BCUT2D eigenvalue weighted by Crippen LogP contribution is 2.37. The van der Waals surface area contributed by atoms with Crippen molar-refractivity contribution in [3.63, 3.8) is 0 Å². The molecule has 0 amide bonds. The van der Waals surface area contributed by atoms with Crippen LogP contribution in [-0.2, 0) is 17.6 Å². The molecule has 0 radical (unpaired) electrons. The fraction of sp³-hybridized carbons (Fsp3) is 0.500. The quantitative estimate of drug-likeness (QED) is 0.824. The fourth-order valence-corrected chi connectivity index (χ4v) is 3.90. The third-order valence-corrected chi connectivity index (χ3v) is 4.81. The molecule has 0 saturated heterocycles. The molecule has 2 aromatic rings. The molecule has 0 atom stereocenters. The normalized spacial score (nSPS) is 13.5. The number of carbonyl (C=O) groups is 1. The van der Waals surface area contributed by atoms with Crippen LogP contribution in [0.4, 0.5) is 5.82 Å². The standard InChI is InChI=1S/C14H17N3O2S.ClH/c18-11(19)6-3-7-15-13-12-9-4-1-2-5-10(9)20-14(12)17-8-16-13;/h8H,1-7H2,(H,18,19)(H,15,16,17);1H. The van der Waals surface area contributed by atoms with Crippen LogP contribution in [0.5, 0.6) is 0 Å². The van der Waals surface area contributed by atoms with Crippen molar-refractivity contribution in [3.8, 4) is 0 Å². The van der Waals surface area contributed by atoms with Crippen LogP contribution in [0.3, 0.4) is 0 Å². The first-order valence-electron chi connectivity index (χ1n) is 6.96. The van der Waals surface area contributed by atoms with Crippen molar-refractivity contribution in [2.75, 3.05) is 11.9 Å². The molecule has 5 nitrogen and oxygen atoms in total. The second-order valence-electron chi connectivity index (χ2n) is 5.04. The Labute approximate surface area is 133 Å². The predicted molar refractivity (Wildman–Crippen MR) is 86.7 cm³/mol. The van der Waals surface area contributed by atoms with Gasteiger partial charge in [0.25, 0.3) is 0 Å². The van der Waals surface area contributed by atoms with Crippen LogP contribution in [0.2, 0.25) is 0 Å². The molecule has 114 valence electrons. The third kappa shape index (κ3) is 3.44. The van der Waals surface area contributed by atoms with Gasteiger partial charge >= 0.3 is 5.97 Å². The maximum Gasteiger partial charge on any atom is 0.303 e. The van der Waals surface area contributed by atoms with Crippen LogP contribution in [0, 0.1) is 0 Å². The summed E-state index contributed by atoms with van der Waals surface area (Å²) in [6.07, 6.45) is 7.11. The lowest BCUT2D eigenvalue weighted by Gasteiger charge is -2.12. The van der Waals surface area contributed by atoms with Crippen molar-refractivity contribution in [1.29, 1.82) is 0 Å². The van der Waals surface area contributed by atoms with Gasteiger partial charge in [-0.2, -0.15) is 0 Å². The van der Waals surface area contributed by atoms with E-state index in [1.165, 1.54) is 23.3 Å². The minimum atomic E-state index is -0.757. The van der Waals surface area contributed by atoms with Gasteiger partial charge in [0.05, 0.1) is 5.39 Å². The highest BCUT2D eigenvalue weighted by Gasteiger charge is 2.19. The van der Waals surface area contributed by atoms with Crippen LogP contribution < -0.4 is 5.32 Å². The highest BCUT2D eigenvalue weighted by molar-refractivity contribution is 7.19. The number of nitrogens with one attached hydrogen (secondary N) is 1. The number of carboxylic acids is 1. The van der Waals surface area contributed by atoms with Gasteiger partial charge in [0, 0.05) is 17.8 Å². The van der Waals surface area contributed by atoms with E-state index in [-0.39, 0.29) is 18.8 Å². The van der Waals surface area contributed by atoms with E-state index in [2.05, 4.69) is 15.3 Å². The van der Waals surface area contributed by atoms with Gasteiger partial charge < -0.3 is 10.4 Å². The number of aliphatic carboxylic acids is 1. The van der Waals surface area contributed by atoms with E-state index in [1.54, 1.807) is 17.7 Å². The van der Waals surface area contributed by atoms with Gasteiger partial charge in [-0.25, -0.2) is 9.97 Å². The van der Waals surface area contributed by atoms with E-state index >= 15 is 0 Å². The minimum Gasteiger partial charge on any atom is -0.481 e. The summed E-state index contributed by atoms with van der Waals surface area (Å²) in [6.45, 7) is 0.628. The highest BCUT2D eigenvalue weighted by atomic mass is 35.5. The number of hydrogen-bond acceptors (Lipinski definition) is 5. The molecular weight excluding hydrogens is 310 g/mol. The Hall–Kier alpha value is -1.40. The average Bonchev–Trinajstić information content (AvgIpc) is 2.82. The number of thiophene rings is 1. The zero-order valence-electron chi connectivity index (χ0n) is 11.6. The number of nitrogens with zero attached hydrogens (tertiary/aromatic N) is 2. The number of carboxylic acid groups (broad SMARTS) is 1. The van der Waals surface area contributed by atoms with Gasteiger partial charge in [-0.05, 0) is 37.7 Å². The smallest absolute Gasteiger partial charge is 0.303 e. The maximum absolute atomic E-state index is 10.5. The number of fused-ring (bicyclic) bond motifs is 3. The van der Waals surface area contributed by atoms with Gasteiger partial charge in [-0.3, -0.25) is 4.79 Å². The molecule has 3 rings (SSSR count). The van der Waals surface area contributed by atoms with Gasteiger partial charge in [0.15, 0.2) is 0 Å². The van der Waals surface area contributed by atoms with E-state index in [4.69, 9.17) is 5.11 Å². The van der Waals surface area contributed by atoms with Crippen LogP contribution in [0.25, 0.3) is 10.2 Å². The summed E-state index contributed by atoms with van der Waals surface area (Å²) < 4.78 is 0. The van der Waals surface area contributed by atoms with Crippen molar-refractivity contribution in [1.82, 2.24) is 9.97 Å². The zero-order valence-corrected chi connectivity index (χ0v) is 13.2. The topological polar surface area (TPSA) is 75.1 Å². The second kappa shape index (κ2) is 7.04. The molecule has 21 heavy (non-hydrogen) atoms. The number of halogens is 1. The fourth-order valence-electron chi connectivity index (χ4n) is 2.67. The van der Waals surface area contributed by atoms with Crippen molar-refractivity contribution in [2.24, 2.45) is 0 Å². The molecule has 0 aliphatic heterocycles. The Morgan fingerprint density at radius 3 is 2.95 bits per heavy atom. The van der Waals surface area contributed by atoms with Crippen LogP contribution in [0.1, 0.15) is 36.1 Å². The first-order valence-corrected chi connectivity index (χ1v) is 7.78. The molecule has 2 heterocycles. The average molecular weight is 328 g/mol. The Kier molecular flexibility index (Phi) is 5.36. The summed E-state index contributed by atoms with van der Waals surface area (Å²) in [6, 6.07) is 0. The molecule has 7 heteroatoms. The number of rotatable bonds is 5. The summed E-state index contributed by atoms with van der Waals surface area (Å²) in [5.41, 5.74) is 1.40. The maximum atomic E-state index is 10.5. The summed E-state index contributed by atoms with van der Waals surface area (Å²) in [7, 11) is 0. The molecule has 0 bridgehead atoms. The first kappa shape index (κ1) is 16.0. The number of aryl methyl sites for hydroxylation is 2. The van der Waals surface area contributed by atoms with Crippen molar-refractivity contribution >= 4 is 45.7 Å². The lowest BCUT2D eigenvalue weighted by atomic mass is 9.97. The van der Waals surface area contributed by atoms with Crippen LogP contribution in [0.15, 0.2) is 6.33 Å². The van der Waals surface area contributed by atoms with E-state index in [0.717, 1.165) is 28.9 Å². The molecule has 0 saturated carbocycles. The molecule has 1 aliphatic rings. The Bertz CT molecular complexity index is 644. The molecule has 1 aliphatic carbocycles. The van der Waals surface area contributed by atoms with Crippen molar-refractivity contribution in [2.45, 2.75) is 38.5 Å². The van der Waals surface area contributed by atoms with E-state index in [0.29, 0.717) is 13.0 Å². The Morgan fingerprint density at radius 1 is 1.33 bits per heavy atom. The van der Waals surface area contributed by atoms with E-state index in [9.17, 15) is 4.79 Å². The van der Waals surface area contributed by atoms with Crippen LogP contribution in [-0.4, -0.2) is 27.6 Å². The van der Waals surface area contributed by atoms with Gasteiger partial charge in [-0.15, -0.1) is 23.7 Å². The minimum absolute atomic E-state index is 0. The molecule has 0 fully saturated rings. The Balaban J connectivity index is 0.00000161. The summed E-state index contributed by atoms with van der Waals surface area (Å²) in [4.78, 5) is 21.7. The molecule has 0 aromatic carbocycles. The lowest BCUT2D eigenvalue weighted by molar-refractivity contribution is -0.137. The second-order valence-corrected chi connectivity index (χ2v) is 6.12. The number of anilines is 1. The largest absolute Gasteiger partial charge is 0.481 e. The van der Waals surface area contributed by atoms with E-state index in [1.807, 2.05) is 0 Å². The number of aromatic nitrogens is 2. The zero-order chi connectivity index (χ0) is 13.9. The van der Waals surface area contributed by atoms with Gasteiger partial charge in [0.2, 0.25) is 0 Å². The van der Waals surface area contributed by atoms with E-state index < -0.39 is 5.97 Å². The lowest BCUT2D eigenvalue weighted by Crippen LogP contribution is -2.07. The Morgan fingerprint density at radius 2 is 2.14 bits per heavy atom. The number of hydrogen-bond donors (Lipinski definition) is 2. The molecule has 0 unspecified atom stereocenters. The summed E-state index contributed by atoms with van der Waals surface area (Å²) in [5.74, 6) is 0.104. The summed E-state index contributed by atoms with van der Waals surface area (Å²) >= 11 is 1.77. The SMILES string of the molecule is Cl.O=C(O)CCCNc1ncnc2sc3c(c12)CCCC3. The van der Waals surface area contributed by atoms with Crippen molar-refractivity contribution < 1.29 is 9.90 Å². The molecular formula is C14H18ClN3O2S. The van der Waals surface area contributed by atoms with Crippen LogP contribution >= 0.6 is 23.7 Å². The molecule has 2 aromatic heterocycles.